The van der Waals surface area contributed by atoms with E-state index in [9.17, 15) is 5.11 Å². The number of hydrogen-bond donors (Lipinski definition) is 1. The molecule has 0 saturated carbocycles. The minimum atomic E-state index is -0.268. The number of fused-ring (bicyclic) bond motifs is 3. The minimum absolute atomic E-state index is 0.268. The van der Waals surface area contributed by atoms with E-state index in [-0.39, 0.29) is 6.10 Å². The molecule has 0 aliphatic heterocycles. The van der Waals surface area contributed by atoms with Gasteiger partial charge in [0.2, 0.25) is 0 Å². The van der Waals surface area contributed by atoms with Gasteiger partial charge in [0, 0.05) is 5.92 Å². The Labute approximate surface area is 101 Å². The van der Waals surface area contributed by atoms with E-state index < -0.39 is 0 Å². The van der Waals surface area contributed by atoms with Crippen LogP contribution >= 0.6 is 0 Å². The van der Waals surface area contributed by atoms with Crippen LogP contribution in [0.2, 0.25) is 0 Å². The molecule has 2 aliphatic carbocycles. The fourth-order valence-corrected chi connectivity index (χ4v) is 3.48. The van der Waals surface area contributed by atoms with Crippen LogP contribution in [0, 0.1) is 0 Å². The zero-order valence-electron chi connectivity index (χ0n) is 9.56. The first-order valence-electron chi connectivity index (χ1n) is 6.26. The van der Waals surface area contributed by atoms with Gasteiger partial charge < -0.3 is 5.11 Å². The molecular weight excluding hydrogens is 208 g/mol. The molecule has 2 aromatic carbocycles. The molecule has 0 unspecified atom stereocenters. The van der Waals surface area contributed by atoms with Crippen LogP contribution < -0.4 is 0 Å². The van der Waals surface area contributed by atoms with E-state index in [0.29, 0.717) is 5.92 Å². The minimum Gasteiger partial charge on any atom is -0.388 e. The molecule has 0 saturated heterocycles. The van der Waals surface area contributed by atoms with Gasteiger partial charge in [-0.25, -0.2) is 0 Å². The molecular formula is C16H14O. The summed E-state index contributed by atoms with van der Waals surface area (Å²) in [5.74, 6) is 0.515. The van der Waals surface area contributed by atoms with Gasteiger partial charge in [-0.05, 0) is 40.7 Å². The van der Waals surface area contributed by atoms with Crippen molar-refractivity contribution in [3.05, 3.63) is 59.2 Å². The van der Waals surface area contributed by atoms with Crippen LogP contribution in [0.3, 0.4) is 0 Å². The summed E-state index contributed by atoms with van der Waals surface area (Å²) in [5, 5.41) is 10.1. The van der Waals surface area contributed by atoms with Crippen molar-refractivity contribution in [3.8, 4) is 11.1 Å². The van der Waals surface area contributed by atoms with Crippen LogP contribution in [0.4, 0.5) is 0 Å². The van der Waals surface area contributed by atoms with Crippen molar-refractivity contribution in [2.24, 2.45) is 0 Å². The van der Waals surface area contributed by atoms with Crippen molar-refractivity contribution in [2.45, 2.75) is 24.9 Å². The van der Waals surface area contributed by atoms with Crippen molar-refractivity contribution in [3.63, 3.8) is 0 Å². The van der Waals surface area contributed by atoms with Crippen molar-refractivity contribution in [1.29, 1.82) is 0 Å². The van der Waals surface area contributed by atoms with Gasteiger partial charge in [-0.15, -0.1) is 0 Å². The van der Waals surface area contributed by atoms with Crippen LogP contribution in [0.5, 0.6) is 0 Å². The highest BCUT2D eigenvalue weighted by atomic mass is 16.3. The predicted octanol–water partition coefficient (Wildman–Crippen LogP) is 3.63. The molecule has 2 aliphatic rings. The van der Waals surface area contributed by atoms with Gasteiger partial charge in [0.15, 0.2) is 0 Å². The summed E-state index contributed by atoms with van der Waals surface area (Å²) >= 11 is 0. The van der Waals surface area contributed by atoms with E-state index in [2.05, 4.69) is 42.5 Å². The average molecular weight is 222 g/mol. The third-order valence-corrected chi connectivity index (χ3v) is 4.20. The van der Waals surface area contributed by atoms with E-state index in [4.69, 9.17) is 0 Å². The molecule has 1 N–H and O–H groups in total. The number of rotatable bonds is 0. The Hall–Kier alpha value is -1.60. The summed E-state index contributed by atoms with van der Waals surface area (Å²) in [7, 11) is 0. The Morgan fingerprint density at radius 2 is 1.59 bits per heavy atom. The lowest BCUT2D eigenvalue weighted by atomic mass is 9.81. The number of aliphatic hydroxyl groups excluding tert-OH is 1. The van der Waals surface area contributed by atoms with Gasteiger partial charge in [-0.2, -0.15) is 0 Å². The molecule has 0 fully saturated rings. The molecule has 17 heavy (non-hydrogen) atoms. The molecule has 4 rings (SSSR count). The summed E-state index contributed by atoms with van der Waals surface area (Å²) in [5.41, 5.74) is 6.68. The molecule has 0 bridgehead atoms. The highest BCUT2D eigenvalue weighted by Crippen LogP contribution is 2.52. The Balaban J connectivity index is 2.08. The smallest absolute Gasteiger partial charge is 0.0793 e. The molecule has 2 atom stereocenters. The Morgan fingerprint density at radius 1 is 0.824 bits per heavy atom. The van der Waals surface area contributed by atoms with Crippen molar-refractivity contribution in [2.75, 3.05) is 0 Å². The third kappa shape index (κ3) is 1.12. The Bertz CT molecular complexity index is 600. The van der Waals surface area contributed by atoms with Crippen molar-refractivity contribution >= 4 is 0 Å². The SMILES string of the molecule is O[C@H]1CC[C@@H]2c3ccccc3-c3cccc1c32. The average Bonchev–Trinajstić information content (AvgIpc) is 2.70. The molecule has 2 aromatic rings. The molecule has 0 amide bonds. The van der Waals surface area contributed by atoms with Crippen LogP contribution in [0.15, 0.2) is 42.5 Å². The van der Waals surface area contributed by atoms with Gasteiger partial charge >= 0.3 is 0 Å². The first-order valence-corrected chi connectivity index (χ1v) is 6.26. The first kappa shape index (κ1) is 9.43. The Morgan fingerprint density at radius 3 is 2.53 bits per heavy atom. The highest BCUT2D eigenvalue weighted by Gasteiger charge is 2.35. The second kappa shape index (κ2) is 3.21. The maximum Gasteiger partial charge on any atom is 0.0793 e. The van der Waals surface area contributed by atoms with Crippen LogP contribution in [0.1, 0.15) is 41.6 Å². The summed E-state index contributed by atoms with van der Waals surface area (Å²) in [6.07, 6.45) is 1.69. The molecule has 84 valence electrons. The fourth-order valence-electron chi connectivity index (χ4n) is 3.48. The summed E-state index contributed by atoms with van der Waals surface area (Å²) in [6.45, 7) is 0. The highest BCUT2D eigenvalue weighted by molar-refractivity contribution is 5.80. The quantitative estimate of drug-likeness (QED) is 0.721. The third-order valence-electron chi connectivity index (χ3n) is 4.20. The van der Waals surface area contributed by atoms with Crippen LogP contribution in [0.25, 0.3) is 11.1 Å². The lowest BCUT2D eigenvalue weighted by Gasteiger charge is -2.26. The van der Waals surface area contributed by atoms with E-state index in [1.807, 2.05) is 0 Å². The van der Waals surface area contributed by atoms with E-state index >= 15 is 0 Å². The lowest BCUT2D eigenvalue weighted by Crippen LogP contribution is -2.12. The summed E-state index contributed by atoms with van der Waals surface area (Å²) < 4.78 is 0. The fraction of sp³-hybridized carbons (Fsp3) is 0.250. The maximum atomic E-state index is 10.1. The van der Waals surface area contributed by atoms with Crippen LogP contribution in [-0.4, -0.2) is 5.11 Å². The van der Waals surface area contributed by atoms with Crippen molar-refractivity contribution < 1.29 is 5.11 Å². The second-order valence-electron chi connectivity index (χ2n) is 5.04. The van der Waals surface area contributed by atoms with Gasteiger partial charge in [0.1, 0.15) is 0 Å². The lowest BCUT2D eigenvalue weighted by molar-refractivity contribution is 0.154. The summed E-state index contributed by atoms with van der Waals surface area (Å²) in [4.78, 5) is 0. The zero-order valence-corrected chi connectivity index (χ0v) is 9.56. The van der Waals surface area contributed by atoms with E-state index in [1.165, 1.54) is 22.3 Å². The number of benzene rings is 2. The van der Waals surface area contributed by atoms with E-state index in [1.54, 1.807) is 0 Å². The van der Waals surface area contributed by atoms with Gasteiger partial charge in [0.05, 0.1) is 6.10 Å². The number of aliphatic hydroxyl groups is 1. The van der Waals surface area contributed by atoms with Crippen LogP contribution in [-0.2, 0) is 0 Å². The predicted molar refractivity (Wildman–Crippen MR) is 67.9 cm³/mol. The Kier molecular flexibility index (Phi) is 1.78. The molecule has 0 radical (unpaired) electrons. The topological polar surface area (TPSA) is 20.2 Å². The van der Waals surface area contributed by atoms with Gasteiger partial charge in [-0.3, -0.25) is 0 Å². The zero-order chi connectivity index (χ0) is 11.4. The monoisotopic (exact) mass is 222 g/mol. The first-order chi connectivity index (χ1) is 8.36. The van der Waals surface area contributed by atoms with E-state index in [0.717, 1.165) is 18.4 Å². The second-order valence-corrected chi connectivity index (χ2v) is 5.04. The molecule has 0 aromatic heterocycles. The molecule has 1 heteroatoms. The molecule has 0 spiro atoms. The van der Waals surface area contributed by atoms with Crippen molar-refractivity contribution in [1.82, 2.24) is 0 Å². The molecule has 0 heterocycles. The standard InChI is InChI=1S/C16H14O/c17-15-9-8-13-11-5-2-1-4-10(11)12-6-3-7-14(15)16(12)13/h1-7,13,15,17H,8-9H2/t13-,15+/m1/s1. The number of hydrogen-bond acceptors (Lipinski definition) is 1. The van der Waals surface area contributed by atoms with Gasteiger partial charge in [0.25, 0.3) is 0 Å². The largest absolute Gasteiger partial charge is 0.388 e. The molecule has 1 nitrogen and oxygen atoms in total. The normalized spacial score (nSPS) is 24.3. The maximum absolute atomic E-state index is 10.1. The summed E-state index contributed by atoms with van der Waals surface area (Å²) in [6, 6.07) is 15.0. The van der Waals surface area contributed by atoms with Gasteiger partial charge in [-0.1, -0.05) is 42.5 Å².